The van der Waals surface area contributed by atoms with E-state index >= 15 is 0 Å². The predicted octanol–water partition coefficient (Wildman–Crippen LogP) is 1.66. The van der Waals surface area contributed by atoms with Crippen LogP contribution in [0.1, 0.15) is 18.9 Å². The summed E-state index contributed by atoms with van der Waals surface area (Å²) in [6.45, 7) is 2.43. The van der Waals surface area contributed by atoms with E-state index < -0.39 is 0 Å². The highest BCUT2D eigenvalue weighted by Crippen LogP contribution is 2.12. The Kier molecular flexibility index (Phi) is 5.59. The molecule has 0 aliphatic heterocycles. The van der Waals surface area contributed by atoms with Gasteiger partial charge in [0, 0.05) is 6.54 Å². The molecule has 0 bridgehead atoms. The molecule has 0 fully saturated rings. The van der Waals surface area contributed by atoms with Crippen LogP contribution in [0.4, 0.5) is 0 Å². The van der Waals surface area contributed by atoms with E-state index in [0.717, 1.165) is 6.42 Å². The summed E-state index contributed by atoms with van der Waals surface area (Å²) in [5, 5.41) is 10.9. The van der Waals surface area contributed by atoms with Crippen molar-refractivity contribution >= 4 is 5.91 Å². The van der Waals surface area contributed by atoms with E-state index in [-0.39, 0.29) is 12.5 Å². The van der Waals surface area contributed by atoms with Gasteiger partial charge in [0.25, 0.3) is 5.91 Å². The van der Waals surface area contributed by atoms with Crippen molar-refractivity contribution in [2.75, 3.05) is 13.2 Å². The normalized spacial score (nSPS) is 9.41. The lowest BCUT2D eigenvalue weighted by Gasteiger charge is -2.06. The fraction of sp³-hybridized carbons (Fsp3) is 0.385. The number of nitriles is 1. The molecule has 1 aromatic rings. The summed E-state index contributed by atoms with van der Waals surface area (Å²) in [5.41, 5.74) is 1.23. The first-order chi connectivity index (χ1) is 8.26. The van der Waals surface area contributed by atoms with Crippen LogP contribution in [0.25, 0.3) is 0 Å². The minimum atomic E-state index is -0.209. The van der Waals surface area contributed by atoms with Gasteiger partial charge in [0.2, 0.25) is 0 Å². The van der Waals surface area contributed by atoms with Crippen molar-refractivity contribution in [1.82, 2.24) is 5.32 Å². The van der Waals surface area contributed by atoms with E-state index in [0.29, 0.717) is 18.7 Å². The molecule has 1 rings (SSSR count). The summed E-state index contributed by atoms with van der Waals surface area (Å²) >= 11 is 0. The van der Waals surface area contributed by atoms with E-state index in [1.807, 2.05) is 30.3 Å². The SMILES string of the molecule is CCc1ccc(OCC(=O)NCCC#N)cc1. The maximum atomic E-state index is 11.3. The number of nitrogens with one attached hydrogen (secondary N) is 1. The van der Waals surface area contributed by atoms with Crippen molar-refractivity contribution < 1.29 is 9.53 Å². The predicted molar refractivity (Wildman–Crippen MR) is 64.6 cm³/mol. The summed E-state index contributed by atoms with van der Waals surface area (Å²) in [4.78, 5) is 11.3. The van der Waals surface area contributed by atoms with Crippen LogP contribution < -0.4 is 10.1 Å². The second kappa shape index (κ2) is 7.29. The second-order valence-electron chi connectivity index (χ2n) is 3.54. The number of amides is 1. The Hall–Kier alpha value is -2.02. The molecule has 0 aliphatic rings. The zero-order chi connectivity index (χ0) is 12.5. The largest absolute Gasteiger partial charge is 0.484 e. The summed E-state index contributed by atoms with van der Waals surface area (Å²) in [6, 6.07) is 9.60. The van der Waals surface area contributed by atoms with Gasteiger partial charge in [-0.25, -0.2) is 0 Å². The van der Waals surface area contributed by atoms with E-state index in [1.165, 1.54) is 5.56 Å². The maximum absolute atomic E-state index is 11.3. The number of hydrogen-bond acceptors (Lipinski definition) is 3. The Balaban J connectivity index is 2.29. The van der Waals surface area contributed by atoms with Crippen LogP contribution in [-0.4, -0.2) is 19.1 Å². The minimum absolute atomic E-state index is 0.0170. The van der Waals surface area contributed by atoms with Crippen LogP contribution in [0.2, 0.25) is 0 Å². The molecule has 0 aromatic heterocycles. The molecule has 0 spiro atoms. The van der Waals surface area contributed by atoms with Crippen molar-refractivity contribution in [2.24, 2.45) is 0 Å². The van der Waals surface area contributed by atoms with E-state index in [9.17, 15) is 4.79 Å². The third-order valence-electron chi connectivity index (χ3n) is 2.26. The molecule has 1 amide bonds. The van der Waals surface area contributed by atoms with Gasteiger partial charge in [0.15, 0.2) is 6.61 Å². The molecule has 90 valence electrons. The average molecular weight is 232 g/mol. The maximum Gasteiger partial charge on any atom is 0.257 e. The Bertz CT molecular complexity index is 393. The summed E-state index contributed by atoms with van der Waals surface area (Å²) in [6.07, 6.45) is 1.30. The molecule has 4 heteroatoms. The topological polar surface area (TPSA) is 62.1 Å². The molecular weight excluding hydrogens is 216 g/mol. The van der Waals surface area contributed by atoms with Gasteiger partial charge in [0.1, 0.15) is 5.75 Å². The van der Waals surface area contributed by atoms with Gasteiger partial charge in [-0.2, -0.15) is 5.26 Å². The molecule has 4 nitrogen and oxygen atoms in total. The van der Waals surface area contributed by atoms with Crippen molar-refractivity contribution in [3.05, 3.63) is 29.8 Å². The van der Waals surface area contributed by atoms with Gasteiger partial charge >= 0.3 is 0 Å². The third-order valence-corrected chi connectivity index (χ3v) is 2.26. The number of carbonyl (C=O) groups excluding carboxylic acids is 1. The fourth-order valence-electron chi connectivity index (χ4n) is 1.28. The van der Waals surface area contributed by atoms with Crippen molar-refractivity contribution in [2.45, 2.75) is 19.8 Å². The lowest BCUT2D eigenvalue weighted by molar-refractivity contribution is -0.123. The average Bonchev–Trinajstić information content (AvgIpc) is 2.37. The Labute approximate surface area is 101 Å². The lowest BCUT2D eigenvalue weighted by atomic mass is 10.2. The molecule has 1 N–H and O–H groups in total. The number of aryl methyl sites for hydroxylation is 1. The Morgan fingerprint density at radius 2 is 2.12 bits per heavy atom. The quantitative estimate of drug-likeness (QED) is 0.759. The van der Waals surface area contributed by atoms with Crippen LogP contribution in [0.3, 0.4) is 0 Å². The van der Waals surface area contributed by atoms with Gasteiger partial charge in [0.05, 0.1) is 12.5 Å². The van der Waals surface area contributed by atoms with Crippen LogP contribution in [-0.2, 0) is 11.2 Å². The molecule has 0 radical (unpaired) electrons. The molecule has 17 heavy (non-hydrogen) atoms. The molecule has 1 aromatic carbocycles. The Morgan fingerprint density at radius 1 is 1.41 bits per heavy atom. The van der Waals surface area contributed by atoms with Gasteiger partial charge in [-0.1, -0.05) is 19.1 Å². The standard InChI is InChI=1S/C13H16N2O2/c1-2-11-4-6-12(7-5-11)17-10-13(16)15-9-3-8-14/h4-7H,2-3,9-10H2,1H3,(H,15,16). The molecular formula is C13H16N2O2. The molecule has 0 aliphatic carbocycles. The first-order valence-electron chi connectivity index (χ1n) is 5.61. The Morgan fingerprint density at radius 3 is 2.71 bits per heavy atom. The number of rotatable bonds is 6. The number of nitrogens with zero attached hydrogens (tertiary/aromatic N) is 1. The molecule has 0 unspecified atom stereocenters. The molecule has 0 heterocycles. The highest BCUT2D eigenvalue weighted by Gasteiger charge is 2.01. The zero-order valence-corrected chi connectivity index (χ0v) is 9.90. The van der Waals surface area contributed by atoms with Crippen molar-refractivity contribution in [3.63, 3.8) is 0 Å². The first kappa shape index (κ1) is 13.0. The van der Waals surface area contributed by atoms with Crippen molar-refractivity contribution in [1.29, 1.82) is 5.26 Å². The summed E-state index contributed by atoms with van der Waals surface area (Å²) in [5.74, 6) is 0.470. The third kappa shape index (κ3) is 5.03. The van der Waals surface area contributed by atoms with Crippen LogP contribution in [0, 0.1) is 11.3 Å². The van der Waals surface area contributed by atoms with Crippen LogP contribution in [0.15, 0.2) is 24.3 Å². The highest BCUT2D eigenvalue weighted by molar-refractivity contribution is 5.77. The van der Waals surface area contributed by atoms with Crippen LogP contribution in [0.5, 0.6) is 5.75 Å². The number of benzene rings is 1. The number of hydrogen-bond donors (Lipinski definition) is 1. The van der Waals surface area contributed by atoms with E-state index in [2.05, 4.69) is 12.2 Å². The summed E-state index contributed by atoms with van der Waals surface area (Å²) < 4.78 is 5.30. The smallest absolute Gasteiger partial charge is 0.257 e. The minimum Gasteiger partial charge on any atom is -0.484 e. The number of carbonyl (C=O) groups is 1. The van der Waals surface area contributed by atoms with Gasteiger partial charge in [-0.15, -0.1) is 0 Å². The first-order valence-corrected chi connectivity index (χ1v) is 5.61. The molecule has 0 saturated carbocycles. The fourth-order valence-corrected chi connectivity index (χ4v) is 1.28. The van der Waals surface area contributed by atoms with Crippen molar-refractivity contribution in [3.8, 4) is 11.8 Å². The van der Waals surface area contributed by atoms with Crippen LogP contribution >= 0.6 is 0 Å². The zero-order valence-electron chi connectivity index (χ0n) is 9.90. The van der Waals surface area contributed by atoms with E-state index in [1.54, 1.807) is 0 Å². The second-order valence-corrected chi connectivity index (χ2v) is 3.54. The molecule has 0 saturated heterocycles. The van der Waals surface area contributed by atoms with Gasteiger partial charge in [-0.05, 0) is 24.1 Å². The lowest BCUT2D eigenvalue weighted by Crippen LogP contribution is -2.29. The number of ether oxygens (including phenoxy) is 1. The molecule has 0 atom stereocenters. The van der Waals surface area contributed by atoms with E-state index in [4.69, 9.17) is 10.00 Å². The monoisotopic (exact) mass is 232 g/mol. The van der Waals surface area contributed by atoms with Gasteiger partial charge in [-0.3, -0.25) is 4.79 Å². The van der Waals surface area contributed by atoms with Gasteiger partial charge < -0.3 is 10.1 Å². The summed E-state index contributed by atoms with van der Waals surface area (Å²) in [7, 11) is 0. The highest BCUT2D eigenvalue weighted by atomic mass is 16.5.